The molecular weight excluding hydrogens is 556 g/mol. The molecule has 0 spiro atoms. The first-order valence-electron chi connectivity index (χ1n) is 11.6. The van der Waals surface area contributed by atoms with E-state index in [1.807, 2.05) is 0 Å². The lowest BCUT2D eigenvalue weighted by atomic mass is 10.1. The molecule has 2 amide bonds. The van der Waals surface area contributed by atoms with Gasteiger partial charge in [0.25, 0.3) is 32.1 Å². The number of hydrogen-bond donors (Lipinski definition) is 4. The highest BCUT2D eigenvalue weighted by molar-refractivity contribution is 7.86. The Hall–Kier alpha value is -4.62. The van der Waals surface area contributed by atoms with Crippen molar-refractivity contribution in [2.45, 2.75) is 9.79 Å². The first-order valence-corrected chi connectivity index (χ1v) is 14.5. The van der Waals surface area contributed by atoms with E-state index in [4.69, 9.17) is 0 Å². The number of rotatable bonds is 6. The van der Waals surface area contributed by atoms with Crippen LogP contribution in [0.15, 0.2) is 107 Å². The summed E-state index contributed by atoms with van der Waals surface area (Å²) < 4.78 is 65.2. The summed E-state index contributed by atoms with van der Waals surface area (Å²) in [7, 11) is -8.91. The predicted molar refractivity (Wildman–Crippen MR) is 150 cm³/mol. The molecule has 4 N–H and O–H groups in total. The molecule has 0 fully saturated rings. The maximum Gasteiger partial charge on any atom is 0.294 e. The Morgan fingerprint density at radius 2 is 0.925 bits per heavy atom. The van der Waals surface area contributed by atoms with Crippen LogP contribution in [0, 0.1) is 0 Å². The van der Waals surface area contributed by atoms with Crippen LogP contribution < -0.4 is 10.6 Å². The van der Waals surface area contributed by atoms with E-state index in [1.54, 1.807) is 36.4 Å². The summed E-state index contributed by atoms with van der Waals surface area (Å²) in [5.41, 5.74) is 0.880. The quantitative estimate of drug-likeness (QED) is 0.205. The van der Waals surface area contributed by atoms with Crippen molar-refractivity contribution in [2.75, 3.05) is 10.6 Å². The number of hydrogen-bond acceptors (Lipinski definition) is 6. The molecule has 0 heterocycles. The number of benzene rings is 5. The van der Waals surface area contributed by atoms with E-state index in [0.717, 1.165) is 0 Å². The van der Waals surface area contributed by atoms with Gasteiger partial charge in [0.2, 0.25) is 0 Å². The number of carbonyl (C=O) groups is 2. The molecule has 202 valence electrons. The van der Waals surface area contributed by atoms with Crippen LogP contribution >= 0.6 is 0 Å². The molecule has 0 unspecified atom stereocenters. The number of nitrogens with one attached hydrogen (secondary N) is 2. The van der Waals surface area contributed by atoms with E-state index in [2.05, 4.69) is 10.6 Å². The molecule has 0 saturated carbocycles. The van der Waals surface area contributed by atoms with Crippen LogP contribution in [0.2, 0.25) is 0 Å². The molecule has 0 aliphatic carbocycles. The SMILES string of the molecule is O=C(Nc1cccc2ccc(S(=O)(=O)O)cc12)c1cccc(C(=O)Nc2cccc3ccc(S(=O)(=O)O)cc23)c1. The summed E-state index contributed by atoms with van der Waals surface area (Å²) in [5, 5.41) is 7.46. The highest BCUT2D eigenvalue weighted by Gasteiger charge is 2.16. The minimum atomic E-state index is -4.46. The standard InChI is InChI=1S/C28H20N2O8S2/c31-27(29-25-8-2-4-17-10-12-21(15-23(17)25)39(33,34)35)19-6-1-7-20(14-19)28(32)30-26-9-3-5-18-11-13-22(16-24(18)26)40(36,37)38/h1-16H,(H,29,31)(H,30,32)(H,33,34,35)(H,36,37,38). The predicted octanol–water partition coefficient (Wildman–Crippen LogP) is 4.99. The van der Waals surface area contributed by atoms with Crippen molar-refractivity contribution < 1.29 is 35.5 Å². The summed E-state index contributed by atoms with van der Waals surface area (Å²) in [6, 6.07) is 23.8. The van der Waals surface area contributed by atoms with E-state index in [9.17, 15) is 35.5 Å². The highest BCUT2D eigenvalue weighted by atomic mass is 32.2. The van der Waals surface area contributed by atoms with Crippen LogP contribution in [0.1, 0.15) is 20.7 Å². The van der Waals surface area contributed by atoms with Gasteiger partial charge in [-0.15, -0.1) is 0 Å². The first-order chi connectivity index (χ1) is 18.9. The van der Waals surface area contributed by atoms with Gasteiger partial charge in [-0.3, -0.25) is 18.7 Å². The zero-order chi connectivity index (χ0) is 28.7. The molecule has 5 aromatic rings. The number of amides is 2. The molecule has 0 bridgehead atoms. The molecule has 40 heavy (non-hydrogen) atoms. The number of fused-ring (bicyclic) bond motifs is 2. The van der Waals surface area contributed by atoms with Crippen LogP contribution in [-0.4, -0.2) is 37.8 Å². The maximum absolute atomic E-state index is 13.1. The average molecular weight is 577 g/mol. The van der Waals surface area contributed by atoms with Crippen molar-refractivity contribution in [3.63, 3.8) is 0 Å². The Bertz CT molecular complexity index is 1910. The zero-order valence-corrected chi connectivity index (χ0v) is 22.0. The molecule has 10 nitrogen and oxygen atoms in total. The van der Waals surface area contributed by atoms with Crippen molar-refractivity contribution in [3.05, 3.63) is 108 Å². The maximum atomic E-state index is 13.1. The second kappa shape index (κ2) is 10.2. The molecule has 0 aromatic heterocycles. The summed E-state index contributed by atoms with van der Waals surface area (Å²) in [5.74, 6) is -1.13. The fourth-order valence-corrected chi connectivity index (χ4v) is 5.25. The average Bonchev–Trinajstić information content (AvgIpc) is 2.92. The molecule has 5 rings (SSSR count). The lowest BCUT2D eigenvalue weighted by molar-refractivity contribution is 0.102. The molecule has 0 radical (unpaired) electrons. The van der Waals surface area contributed by atoms with Crippen molar-refractivity contribution in [1.29, 1.82) is 0 Å². The van der Waals surface area contributed by atoms with Gasteiger partial charge in [-0.05, 0) is 65.4 Å². The van der Waals surface area contributed by atoms with Crippen molar-refractivity contribution in [2.24, 2.45) is 0 Å². The van der Waals surface area contributed by atoms with Crippen molar-refractivity contribution in [3.8, 4) is 0 Å². The summed E-state index contributed by atoms with van der Waals surface area (Å²) in [6.45, 7) is 0. The van der Waals surface area contributed by atoms with Crippen LogP contribution in [0.3, 0.4) is 0 Å². The van der Waals surface area contributed by atoms with E-state index in [-0.39, 0.29) is 20.9 Å². The molecule has 0 saturated heterocycles. The van der Waals surface area contributed by atoms with Gasteiger partial charge in [-0.25, -0.2) is 0 Å². The minimum absolute atomic E-state index is 0.141. The molecular formula is C28H20N2O8S2. The van der Waals surface area contributed by atoms with Gasteiger partial charge in [-0.2, -0.15) is 16.8 Å². The lowest BCUT2D eigenvalue weighted by Crippen LogP contribution is -2.16. The molecule has 0 aliphatic rings. The smallest absolute Gasteiger partial charge is 0.294 e. The van der Waals surface area contributed by atoms with Crippen molar-refractivity contribution in [1.82, 2.24) is 0 Å². The summed E-state index contributed by atoms with van der Waals surface area (Å²) in [6.07, 6.45) is 0. The normalized spacial score (nSPS) is 11.8. The van der Waals surface area contributed by atoms with Gasteiger partial charge >= 0.3 is 0 Å². The van der Waals surface area contributed by atoms with Gasteiger partial charge in [0.05, 0.1) is 9.79 Å². The largest absolute Gasteiger partial charge is 0.321 e. The highest BCUT2D eigenvalue weighted by Crippen LogP contribution is 2.28. The summed E-state index contributed by atoms with van der Waals surface area (Å²) >= 11 is 0. The lowest BCUT2D eigenvalue weighted by Gasteiger charge is -2.12. The van der Waals surface area contributed by atoms with Crippen LogP contribution in [0.5, 0.6) is 0 Å². The van der Waals surface area contributed by atoms with Gasteiger partial charge in [0, 0.05) is 33.3 Å². The fraction of sp³-hybridized carbons (Fsp3) is 0. The second-order valence-electron chi connectivity index (χ2n) is 8.82. The third-order valence-corrected chi connectivity index (χ3v) is 7.89. The Balaban J connectivity index is 1.42. The molecule has 0 atom stereocenters. The van der Waals surface area contributed by atoms with Gasteiger partial charge in [0.1, 0.15) is 0 Å². The third-order valence-electron chi connectivity index (χ3n) is 6.19. The number of carbonyl (C=O) groups excluding carboxylic acids is 2. The Morgan fingerprint density at radius 1 is 0.525 bits per heavy atom. The number of anilines is 2. The summed E-state index contributed by atoms with van der Waals surface area (Å²) in [4.78, 5) is 25.5. The van der Waals surface area contributed by atoms with Gasteiger partial charge in [0.15, 0.2) is 0 Å². The van der Waals surface area contributed by atoms with E-state index >= 15 is 0 Å². The van der Waals surface area contributed by atoms with Crippen molar-refractivity contribution >= 4 is 65.0 Å². The van der Waals surface area contributed by atoms with Crippen LogP contribution in [0.25, 0.3) is 21.5 Å². The van der Waals surface area contributed by atoms with Crippen LogP contribution in [-0.2, 0) is 20.2 Å². The second-order valence-corrected chi connectivity index (χ2v) is 11.7. The molecule has 5 aromatic carbocycles. The topological polar surface area (TPSA) is 167 Å². The van der Waals surface area contributed by atoms with E-state index < -0.39 is 32.1 Å². The van der Waals surface area contributed by atoms with Crippen LogP contribution in [0.4, 0.5) is 11.4 Å². The van der Waals surface area contributed by atoms with E-state index in [0.29, 0.717) is 32.9 Å². The monoisotopic (exact) mass is 576 g/mol. The zero-order valence-electron chi connectivity index (χ0n) is 20.4. The van der Waals surface area contributed by atoms with Gasteiger partial charge in [-0.1, -0.05) is 42.5 Å². The Kier molecular flexibility index (Phi) is 6.85. The Morgan fingerprint density at radius 3 is 1.32 bits per heavy atom. The minimum Gasteiger partial charge on any atom is -0.321 e. The first kappa shape index (κ1) is 27.0. The fourth-order valence-electron chi connectivity index (χ4n) is 4.23. The van der Waals surface area contributed by atoms with E-state index in [1.165, 1.54) is 60.7 Å². The van der Waals surface area contributed by atoms with Gasteiger partial charge < -0.3 is 10.6 Å². The molecule has 0 aliphatic heterocycles. The Labute approximate surface area is 228 Å². The molecule has 12 heteroatoms. The third kappa shape index (κ3) is 5.55.